The molecule has 0 aromatic carbocycles. The Kier molecular flexibility index (Phi) is 2.09. The van der Waals surface area contributed by atoms with E-state index in [1.807, 2.05) is 0 Å². The van der Waals surface area contributed by atoms with Crippen LogP contribution in [0.5, 0.6) is 0 Å². The van der Waals surface area contributed by atoms with Gasteiger partial charge in [-0.3, -0.25) is 7.05 Å². The smallest absolute Gasteiger partial charge is 0.0143 e. The van der Waals surface area contributed by atoms with Crippen molar-refractivity contribution in [1.29, 1.82) is 0 Å². The van der Waals surface area contributed by atoms with Crippen molar-refractivity contribution in [1.82, 2.24) is 10.2 Å². The number of rotatable bonds is 0. The highest BCUT2D eigenvalue weighted by Gasteiger charge is 2.13. The summed E-state index contributed by atoms with van der Waals surface area (Å²) in [5.41, 5.74) is 0. The summed E-state index contributed by atoms with van der Waals surface area (Å²) in [7, 11) is 3.92. The van der Waals surface area contributed by atoms with Gasteiger partial charge in [-0.05, 0) is 19.5 Å². The summed E-state index contributed by atoms with van der Waals surface area (Å²) < 4.78 is 0. The molecule has 2 nitrogen and oxygen atoms in total. The molecule has 0 radical (unpaired) electrons. The van der Waals surface area contributed by atoms with E-state index < -0.39 is 0 Å². The Bertz CT molecular complexity index is 92.9. The molecule has 0 saturated carbocycles. The van der Waals surface area contributed by atoms with Crippen LogP contribution in [0.1, 0.15) is 13.8 Å². The number of nitrogens with zero attached hydrogens (tertiary/aromatic N) is 1. The van der Waals surface area contributed by atoms with Gasteiger partial charge in [0.1, 0.15) is 0 Å². The van der Waals surface area contributed by atoms with Crippen LogP contribution in [0.15, 0.2) is 0 Å². The maximum absolute atomic E-state index is 3.92. The van der Waals surface area contributed by atoms with E-state index in [1.165, 1.54) is 0 Å². The first-order valence-corrected chi connectivity index (χ1v) is 3.50. The molecule has 9 heavy (non-hydrogen) atoms. The minimum Gasteiger partial charge on any atom is -0.455 e. The first-order chi connectivity index (χ1) is 4.20. The highest BCUT2D eigenvalue weighted by atomic mass is 15.2. The SMILES string of the molecule is [CH2-]N1C[C@H](C)NC[C@H]1C. The number of nitrogens with one attached hydrogen (secondary N) is 1. The Hall–Kier alpha value is -0.0800. The number of hydrogen-bond acceptors (Lipinski definition) is 2. The van der Waals surface area contributed by atoms with Gasteiger partial charge in [-0.25, -0.2) is 0 Å². The van der Waals surface area contributed by atoms with Gasteiger partial charge in [0.25, 0.3) is 0 Å². The Morgan fingerprint density at radius 3 is 2.67 bits per heavy atom. The topological polar surface area (TPSA) is 15.3 Å². The molecule has 0 unspecified atom stereocenters. The molecule has 0 aliphatic carbocycles. The second-order valence-corrected chi connectivity index (χ2v) is 2.93. The minimum atomic E-state index is 0.598. The maximum atomic E-state index is 3.92. The second kappa shape index (κ2) is 2.67. The summed E-state index contributed by atoms with van der Waals surface area (Å²) in [5.74, 6) is 0. The minimum absolute atomic E-state index is 0.598. The Morgan fingerprint density at radius 2 is 2.22 bits per heavy atom. The third kappa shape index (κ3) is 1.66. The average Bonchev–Trinajstić information content (AvgIpc) is 1.80. The molecule has 1 rings (SSSR count). The van der Waals surface area contributed by atoms with E-state index in [-0.39, 0.29) is 0 Å². The molecule has 2 heteroatoms. The van der Waals surface area contributed by atoms with Crippen LogP contribution in [-0.2, 0) is 0 Å². The summed E-state index contributed by atoms with van der Waals surface area (Å²) in [6.07, 6.45) is 0. The largest absolute Gasteiger partial charge is 0.455 e. The van der Waals surface area contributed by atoms with Crippen LogP contribution >= 0.6 is 0 Å². The second-order valence-electron chi connectivity index (χ2n) is 2.93. The highest BCUT2D eigenvalue weighted by molar-refractivity contribution is 4.80. The molecule has 0 aromatic heterocycles. The summed E-state index contributed by atoms with van der Waals surface area (Å²) >= 11 is 0. The zero-order valence-electron chi connectivity index (χ0n) is 6.22. The van der Waals surface area contributed by atoms with Crippen LogP contribution in [0.3, 0.4) is 0 Å². The Morgan fingerprint density at radius 1 is 1.56 bits per heavy atom. The lowest BCUT2D eigenvalue weighted by Crippen LogP contribution is -2.51. The lowest BCUT2D eigenvalue weighted by Gasteiger charge is -2.40. The van der Waals surface area contributed by atoms with E-state index in [4.69, 9.17) is 0 Å². The first-order valence-electron chi connectivity index (χ1n) is 3.50. The van der Waals surface area contributed by atoms with Gasteiger partial charge in [-0.1, -0.05) is 6.92 Å². The van der Waals surface area contributed by atoms with Crippen LogP contribution < -0.4 is 5.32 Å². The normalized spacial score (nSPS) is 39.0. The van der Waals surface area contributed by atoms with Gasteiger partial charge in [0, 0.05) is 12.6 Å². The molecule has 2 atom stereocenters. The molecule has 1 fully saturated rings. The van der Waals surface area contributed by atoms with Gasteiger partial charge in [-0.15, -0.1) is 0 Å². The molecule has 1 aliphatic heterocycles. The number of hydrogen-bond donors (Lipinski definition) is 1. The van der Waals surface area contributed by atoms with Gasteiger partial charge >= 0.3 is 0 Å². The van der Waals surface area contributed by atoms with Gasteiger partial charge < -0.3 is 10.2 Å². The van der Waals surface area contributed by atoms with Crippen molar-refractivity contribution in [3.05, 3.63) is 7.05 Å². The van der Waals surface area contributed by atoms with Crippen molar-refractivity contribution in [2.75, 3.05) is 13.1 Å². The van der Waals surface area contributed by atoms with Gasteiger partial charge in [0.05, 0.1) is 0 Å². The van der Waals surface area contributed by atoms with Crippen molar-refractivity contribution in [2.24, 2.45) is 0 Å². The van der Waals surface area contributed by atoms with Crippen molar-refractivity contribution in [3.63, 3.8) is 0 Å². The van der Waals surface area contributed by atoms with E-state index in [2.05, 4.69) is 31.1 Å². The van der Waals surface area contributed by atoms with Crippen molar-refractivity contribution < 1.29 is 0 Å². The Balaban J connectivity index is 2.35. The first kappa shape index (κ1) is 7.03. The molecule has 54 valence electrons. The predicted octanol–water partition coefficient (Wildman–Crippen LogP) is 0.460. The molecular weight excluding hydrogens is 112 g/mol. The van der Waals surface area contributed by atoms with Gasteiger partial charge in [0.15, 0.2) is 0 Å². The van der Waals surface area contributed by atoms with Crippen molar-refractivity contribution in [3.8, 4) is 0 Å². The van der Waals surface area contributed by atoms with Crippen LogP contribution in [0.2, 0.25) is 0 Å². The lowest BCUT2D eigenvalue weighted by molar-refractivity contribution is 0.204. The van der Waals surface area contributed by atoms with Crippen molar-refractivity contribution >= 4 is 0 Å². The van der Waals surface area contributed by atoms with E-state index in [0.717, 1.165) is 13.1 Å². The van der Waals surface area contributed by atoms with E-state index in [0.29, 0.717) is 12.1 Å². The maximum Gasteiger partial charge on any atom is 0.0143 e. The fourth-order valence-electron chi connectivity index (χ4n) is 1.10. The fourth-order valence-corrected chi connectivity index (χ4v) is 1.10. The summed E-state index contributed by atoms with van der Waals surface area (Å²) in [6.45, 7) is 6.52. The molecule has 0 bridgehead atoms. The lowest BCUT2D eigenvalue weighted by atomic mass is 10.2. The Labute approximate surface area is 57.2 Å². The molecule has 0 amide bonds. The molecular formula is C7H15N2-. The van der Waals surface area contributed by atoms with E-state index in [9.17, 15) is 0 Å². The molecule has 0 aromatic rings. The zero-order valence-corrected chi connectivity index (χ0v) is 6.22. The third-order valence-corrected chi connectivity index (χ3v) is 1.89. The monoisotopic (exact) mass is 127 g/mol. The zero-order chi connectivity index (χ0) is 6.85. The van der Waals surface area contributed by atoms with Gasteiger partial charge in [0.2, 0.25) is 0 Å². The number of piperazine rings is 1. The summed E-state index contributed by atoms with van der Waals surface area (Å²) in [5, 5.41) is 3.38. The molecule has 1 saturated heterocycles. The standard InChI is InChI=1S/C7H15N2/c1-6-5-9(3)7(2)4-8-6/h6-8H,3-5H2,1-2H3/q-1/t6-,7+/m0/s1. The van der Waals surface area contributed by atoms with E-state index in [1.54, 1.807) is 0 Å². The molecule has 1 aliphatic rings. The quantitative estimate of drug-likeness (QED) is 0.476. The molecule has 0 spiro atoms. The van der Waals surface area contributed by atoms with Crippen LogP contribution in [-0.4, -0.2) is 30.1 Å². The van der Waals surface area contributed by atoms with Crippen LogP contribution in [0.25, 0.3) is 0 Å². The third-order valence-electron chi connectivity index (χ3n) is 1.89. The van der Waals surface area contributed by atoms with Crippen LogP contribution in [0, 0.1) is 7.05 Å². The van der Waals surface area contributed by atoms with Crippen LogP contribution in [0.4, 0.5) is 0 Å². The van der Waals surface area contributed by atoms with E-state index >= 15 is 0 Å². The fraction of sp³-hybridized carbons (Fsp3) is 0.857. The van der Waals surface area contributed by atoms with Crippen molar-refractivity contribution in [2.45, 2.75) is 25.9 Å². The predicted molar refractivity (Wildman–Crippen MR) is 39.0 cm³/mol. The average molecular weight is 127 g/mol. The summed E-state index contributed by atoms with van der Waals surface area (Å²) in [6, 6.07) is 1.21. The molecule has 1 N–H and O–H groups in total. The molecule has 1 heterocycles. The summed E-state index contributed by atoms with van der Waals surface area (Å²) in [4.78, 5) is 2.14. The van der Waals surface area contributed by atoms with Gasteiger partial charge in [-0.2, -0.15) is 0 Å². The highest BCUT2D eigenvalue weighted by Crippen LogP contribution is 2.02.